The number of rotatable bonds is 3. The minimum atomic E-state index is -0.254. The van der Waals surface area contributed by atoms with Crippen LogP contribution in [0, 0.1) is 0 Å². The van der Waals surface area contributed by atoms with E-state index in [4.69, 9.17) is 4.74 Å². The summed E-state index contributed by atoms with van der Waals surface area (Å²) in [7, 11) is 2.00. The Hall–Kier alpha value is -2.54. The summed E-state index contributed by atoms with van der Waals surface area (Å²) in [6, 6.07) is 5.54. The lowest BCUT2D eigenvalue weighted by Crippen LogP contribution is -2.38. The third-order valence-electron chi connectivity index (χ3n) is 5.14. The second kappa shape index (κ2) is 6.40. The normalized spacial score (nSPS) is 25.5. The van der Waals surface area contributed by atoms with Gasteiger partial charge in [-0.2, -0.15) is 0 Å². The van der Waals surface area contributed by atoms with Crippen LogP contribution in [0.1, 0.15) is 23.2 Å². The van der Waals surface area contributed by atoms with E-state index in [9.17, 15) is 4.79 Å². The molecule has 7 nitrogen and oxygen atoms in total. The highest BCUT2D eigenvalue weighted by molar-refractivity contribution is 5.94. The summed E-state index contributed by atoms with van der Waals surface area (Å²) in [4.78, 5) is 29.2. The topological polar surface area (TPSA) is 71.5 Å². The number of carbonyl (C=O) groups excluding carboxylic acids is 1. The van der Waals surface area contributed by atoms with Crippen molar-refractivity contribution in [3.8, 4) is 0 Å². The van der Waals surface area contributed by atoms with Gasteiger partial charge in [-0.15, -0.1) is 0 Å². The minimum absolute atomic E-state index is 0.0473. The maximum atomic E-state index is 12.6. The zero-order valence-corrected chi connectivity index (χ0v) is 14.2. The molecule has 7 heteroatoms. The number of likely N-dealkylation sites (N-methyl/N-ethyl adjacent to an activating group) is 1. The highest BCUT2D eigenvalue weighted by atomic mass is 16.5. The lowest BCUT2D eigenvalue weighted by molar-refractivity contribution is 0.0123. The molecule has 0 bridgehead atoms. The number of likely N-dealkylation sites (tertiary alicyclic amines) is 1. The van der Waals surface area contributed by atoms with Crippen LogP contribution < -0.4 is 4.90 Å². The van der Waals surface area contributed by atoms with Gasteiger partial charge in [-0.05, 0) is 24.6 Å². The first-order valence-corrected chi connectivity index (χ1v) is 8.50. The number of pyridine rings is 1. The average Bonchev–Trinajstić information content (AvgIpc) is 3.29. The van der Waals surface area contributed by atoms with E-state index in [0.29, 0.717) is 24.7 Å². The van der Waals surface area contributed by atoms with Gasteiger partial charge in [-0.1, -0.05) is 0 Å². The van der Waals surface area contributed by atoms with Crippen LogP contribution in [-0.2, 0) is 4.74 Å². The second-order valence-corrected chi connectivity index (χ2v) is 6.72. The third-order valence-corrected chi connectivity index (χ3v) is 5.14. The maximum Gasteiger partial charge on any atom is 0.254 e. The minimum Gasteiger partial charge on any atom is -0.371 e. The zero-order chi connectivity index (χ0) is 17.3. The number of hydrogen-bond donors (Lipinski definition) is 0. The van der Waals surface area contributed by atoms with Gasteiger partial charge in [0.1, 0.15) is 0 Å². The second-order valence-electron chi connectivity index (χ2n) is 6.72. The van der Waals surface area contributed by atoms with Gasteiger partial charge < -0.3 is 14.5 Å². The van der Waals surface area contributed by atoms with Crippen LogP contribution in [-0.4, -0.2) is 64.1 Å². The first kappa shape index (κ1) is 16.0. The molecule has 2 unspecified atom stereocenters. The molecule has 2 aromatic heterocycles. The number of amides is 1. The SMILES string of the molecule is CN(c1ncccn1)C1COC2(CCN(C(=O)c3ccncc3)C2)C1. The summed E-state index contributed by atoms with van der Waals surface area (Å²) in [5.74, 6) is 0.752. The number of carbonyl (C=O) groups is 1. The highest BCUT2D eigenvalue weighted by Gasteiger charge is 2.48. The molecular weight excluding hydrogens is 318 g/mol. The van der Waals surface area contributed by atoms with Gasteiger partial charge in [-0.3, -0.25) is 9.78 Å². The summed E-state index contributed by atoms with van der Waals surface area (Å²) in [5.41, 5.74) is 0.424. The van der Waals surface area contributed by atoms with Crippen molar-refractivity contribution in [1.29, 1.82) is 0 Å². The van der Waals surface area contributed by atoms with Crippen molar-refractivity contribution < 1.29 is 9.53 Å². The molecule has 4 rings (SSSR count). The van der Waals surface area contributed by atoms with E-state index in [1.807, 2.05) is 18.0 Å². The van der Waals surface area contributed by atoms with Gasteiger partial charge >= 0.3 is 0 Å². The van der Waals surface area contributed by atoms with Gasteiger partial charge in [0, 0.05) is 50.4 Å². The lowest BCUT2D eigenvalue weighted by Gasteiger charge is -2.26. The third kappa shape index (κ3) is 3.07. The molecule has 130 valence electrons. The molecule has 1 spiro atoms. The molecule has 0 saturated carbocycles. The fourth-order valence-electron chi connectivity index (χ4n) is 3.69. The number of hydrogen-bond acceptors (Lipinski definition) is 6. The first-order valence-electron chi connectivity index (χ1n) is 8.50. The number of nitrogens with zero attached hydrogens (tertiary/aromatic N) is 5. The van der Waals surface area contributed by atoms with Gasteiger partial charge in [0.25, 0.3) is 5.91 Å². The smallest absolute Gasteiger partial charge is 0.254 e. The van der Waals surface area contributed by atoms with Crippen molar-refractivity contribution in [1.82, 2.24) is 19.9 Å². The predicted molar refractivity (Wildman–Crippen MR) is 92.3 cm³/mol. The molecule has 0 aliphatic carbocycles. The predicted octanol–water partition coefficient (Wildman–Crippen LogP) is 1.38. The summed E-state index contributed by atoms with van der Waals surface area (Å²) < 4.78 is 6.17. The molecule has 0 radical (unpaired) electrons. The molecule has 4 heterocycles. The van der Waals surface area contributed by atoms with Crippen LogP contribution in [0.15, 0.2) is 43.0 Å². The van der Waals surface area contributed by atoms with E-state index < -0.39 is 0 Å². The molecule has 25 heavy (non-hydrogen) atoms. The molecule has 2 aliphatic rings. The van der Waals surface area contributed by atoms with Crippen LogP contribution in [0.3, 0.4) is 0 Å². The Bertz CT molecular complexity index is 742. The van der Waals surface area contributed by atoms with Crippen molar-refractivity contribution in [2.45, 2.75) is 24.5 Å². The van der Waals surface area contributed by atoms with Crippen molar-refractivity contribution >= 4 is 11.9 Å². The fraction of sp³-hybridized carbons (Fsp3) is 0.444. The fourth-order valence-corrected chi connectivity index (χ4v) is 3.69. The Morgan fingerprint density at radius 2 is 2.04 bits per heavy atom. The van der Waals surface area contributed by atoms with Gasteiger partial charge in [0.05, 0.1) is 24.8 Å². The molecule has 2 aliphatic heterocycles. The number of aromatic nitrogens is 3. The number of ether oxygens (including phenoxy) is 1. The van der Waals surface area contributed by atoms with E-state index in [1.165, 1.54) is 0 Å². The Kier molecular flexibility index (Phi) is 4.09. The average molecular weight is 339 g/mol. The number of anilines is 1. The van der Waals surface area contributed by atoms with Crippen molar-refractivity contribution in [2.75, 3.05) is 31.6 Å². The Morgan fingerprint density at radius 1 is 1.28 bits per heavy atom. The van der Waals surface area contributed by atoms with Gasteiger partial charge in [-0.25, -0.2) is 9.97 Å². The molecule has 2 atom stereocenters. The Morgan fingerprint density at radius 3 is 2.80 bits per heavy atom. The highest BCUT2D eigenvalue weighted by Crippen LogP contribution is 2.37. The summed E-state index contributed by atoms with van der Waals surface area (Å²) in [6.45, 7) is 1.99. The van der Waals surface area contributed by atoms with Crippen molar-refractivity contribution in [2.24, 2.45) is 0 Å². The molecule has 0 N–H and O–H groups in total. The molecule has 0 aromatic carbocycles. The van der Waals surface area contributed by atoms with Crippen LogP contribution in [0.5, 0.6) is 0 Å². The van der Waals surface area contributed by atoms with Crippen molar-refractivity contribution in [3.63, 3.8) is 0 Å². The molecule has 1 amide bonds. The summed E-state index contributed by atoms with van der Waals surface area (Å²) in [6.07, 6.45) is 8.53. The van der Waals surface area contributed by atoms with E-state index in [-0.39, 0.29) is 17.6 Å². The van der Waals surface area contributed by atoms with E-state index >= 15 is 0 Å². The quantitative estimate of drug-likeness (QED) is 0.841. The molecular formula is C18H21N5O2. The zero-order valence-electron chi connectivity index (χ0n) is 14.2. The van der Waals surface area contributed by atoms with Crippen LogP contribution in [0.2, 0.25) is 0 Å². The van der Waals surface area contributed by atoms with Gasteiger partial charge in [0.2, 0.25) is 5.95 Å². The summed E-state index contributed by atoms with van der Waals surface area (Å²) in [5, 5.41) is 0. The van der Waals surface area contributed by atoms with E-state index in [0.717, 1.165) is 19.4 Å². The molecule has 2 aromatic rings. The standard InChI is InChI=1S/C18H21N5O2/c1-22(17-20-6-2-7-21-17)15-11-18(25-12-15)5-10-23(13-18)16(24)14-3-8-19-9-4-14/h2-4,6-9,15H,5,10-13H2,1H3. The van der Waals surface area contributed by atoms with E-state index in [1.54, 1.807) is 36.9 Å². The molecule has 2 saturated heterocycles. The van der Waals surface area contributed by atoms with Crippen molar-refractivity contribution in [3.05, 3.63) is 48.5 Å². The maximum absolute atomic E-state index is 12.6. The monoisotopic (exact) mass is 339 g/mol. The molecule has 2 fully saturated rings. The van der Waals surface area contributed by atoms with Crippen LogP contribution >= 0.6 is 0 Å². The summed E-state index contributed by atoms with van der Waals surface area (Å²) >= 11 is 0. The van der Waals surface area contributed by atoms with Crippen LogP contribution in [0.4, 0.5) is 5.95 Å². The first-order chi connectivity index (χ1) is 12.2. The largest absolute Gasteiger partial charge is 0.371 e. The Labute approximate surface area is 146 Å². The lowest BCUT2D eigenvalue weighted by atomic mass is 9.97. The Balaban J connectivity index is 1.42. The van der Waals surface area contributed by atoms with E-state index in [2.05, 4.69) is 19.9 Å². The van der Waals surface area contributed by atoms with Gasteiger partial charge in [0.15, 0.2) is 0 Å². The van der Waals surface area contributed by atoms with Crippen LogP contribution in [0.25, 0.3) is 0 Å².